The third kappa shape index (κ3) is 3.22. The highest BCUT2D eigenvalue weighted by Crippen LogP contribution is 2.31. The molecule has 0 spiro atoms. The summed E-state index contributed by atoms with van der Waals surface area (Å²) >= 11 is 0. The van der Waals surface area contributed by atoms with E-state index in [9.17, 15) is 4.39 Å². The highest BCUT2D eigenvalue weighted by Gasteiger charge is 2.25. The van der Waals surface area contributed by atoms with Gasteiger partial charge in [0.2, 0.25) is 0 Å². The second-order valence-corrected chi connectivity index (χ2v) is 6.14. The van der Waals surface area contributed by atoms with Gasteiger partial charge in [0.05, 0.1) is 0 Å². The van der Waals surface area contributed by atoms with Crippen LogP contribution in [0.3, 0.4) is 0 Å². The average molecular weight is 252 g/mol. The molecule has 1 rings (SSSR count). The second-order valence-electron chi connectivity index (χ2n) is 6.14. The van der Waals surface area contributed by atoms with Crippen molar-refractivity contribution in [2.75, 3.05) is 11.9 Å². The van der Waals surface area contributed by atoms with E-state index in [0.717, 1.165) is 11.3 Å². The Morgan fingerprint density at radius 1 is 1.22 bits per heavy atom. The van der Waals surface area contributed by atoms with Crippen LogP contribution >= 0.6 is 0 Å². The molecule has 102 valence electrons. The van der Waals surface area contributed by atoms with E-state index in [-0.39, 0.29) is 17.3 Å². The minimum Gasteiger partial charge on any atom is -0.371 e. The van der Waals surface area contributed by atoms with Crippen LogP contribution in [0.15, 0.2) is 18.2 Å². The topological polar surface area (TPSA) is 29.3 Å². The lowest BCUT2D eigenvalue weighted by Gasteiger charge is -2.38. The van der Waals surface area contributed by atoms with Crippen molar-refractivity contribution in [1.82, 2.24) is 0 Å². The molecule has 0 aliphatic carbocycles. The maximum Gasteiger partial charge on any atom is 0.123 e. The molecule has 0 heterocycles. The largest absolute Gasteiger partial charge is 0.371 e. The first-order valence-corrected chi connectivity index (χ1v) is 6.42. The molecule has 0 radical (unpaired) electrons. The van der Waals surface area contributed by atoms with Crippen molar-refractivity contribution in [1.29, 1.82) is 0 Å². The van der Waals surface area contributed by atoms with E-state index in [1.54, 1.807) is 0 Å². The first-order chi connectivity index (χ1) is 8.14. The van der Waals surface area contributed by atoms with E-state index < -0.39 is 0 Å². The molecule has 2 N–H and O–H groups in total. The van der Waals surface area contributed by atoms with Gasteiger partial charge in [-0.25, -0.2) is 4.39 Å². The molecule has 2 atom stereocenters. The summed E-state index contributed by atoms with van der Waals surface area (Å²) in [6.07, 6.45) is 0. The summed E-state index contributed by atoms with van der Waals surface area (Å²) in [7, 11) is 2.04. The van der Waals surface area contributed by atoms with Crippen LogP contribution < -0.4 is 10.6 Å². The number of hydrogen-bond acceptors (Lipinski definition) is 2. The normalized spacial score (nSPS) is 15.3. The molecule has 3 heteroatoms. The third-order valence-electron chi connectivity index (χ3n) is 3.69. The number of rotatable bonds is 3. The van der Waals surface area contributed by atoms with Crippen LogP contribution in [-0.4, -0.2) is 13.1 Å². The van der Waals surface area contributed by atoms with Gasteiger partial charge in [0, 0.05) is 24.8 Å². The van der Waals surface area contributed by atoms with Crippen LogP contribution in [0.25, 0.3) is 0 Å². The molecular weight excluding hydrogens is 227 g/mol. The van der Waals surface area contributed by atoms with Gasteiger partial charge in [-0.15, -0.1) is 0 Å². The standard InChI is InChI=1S/C15H25FN2/c1-10(17)13-9-12(16)7-8-14(13)18(6)11(2)15(3,4)5/h7-11H,17H2,1-6H3. The molecule has 0 aliphatic heterocycles. The predicted molar refractivity (Wildman–Crippen MR) is 76.3 cm³/mol. The lowest BCUT2D eigenvalue weighted by atomic mass is 9.86. The summed E-state index contributed by atoms with van der Waals surface area (Å²) in [6.45, 7) is 10.7. The molecule has 2 unspecified atom stereocenters. The predicted octanol–water partition coefficient (Wildman–Crippen LogP) is 3.72. The van der Waals surface area contributed by atoms with Gasteiger partial charge in [0.25, 0.3) is 0 Å². The maximum absolute atomic E-state index is 13.3. The van der Waals surface area contributed by atoms with Gasteiger partial charge in [-0.1, -0.05) is 20.8 Å². The molecule has 0 bridgehead atoms. The number of hydrogen-bond donors (Lipinski definition) is 1. The number of anilines is 1. The van der Waals surface area contributed by atoms with Crippen LogP contribution in [0, 0.1) is 11.2 Å². The lowest BCUT2D eigenvalue weighted by Crippen LogP contribution is -2.40. The van der Waals surface area contributed by atoms with Gasteiger partial charge in [0.15, 0.2) is 0 Å². The SMILES string of the molecule is CC(N)c1cc(F)ccc1N(C)C(C)C(C)(C)C. The van der Waals surface area contributed by atoms with Crippen LogP contribution in [0.4, 0.5) is 10.1 Å². The quantitative estimate of drug-likeness (QED) is 0.888. The van der Waals surface area contributed by atoms with E-state index in [1.807, 2.05) is 20.0 Å². The van der Waals surface area contributed by atoms with Crippen molar-refractivity contribution in [3.8, 4) is 0 Å². The summed E-state index contributed by atoms with van der Waals surface area (Å²) in [5, 5.41) is 0. The summed E-state index contributed by atoms with van der Waals surface area (Å²) < 4.78 is 13.3. The Hall–Kier alpha value is -1.09. The molecule has 0 aromatic heterocycles. The minimum atomic E-state index is -0.233. The van der Waals surface area contributed by atoms with Gasteiger partial charge < -0.3 is 10.6 Å². The van der Waals surface area contributed by atoms with E-state index >= 15 is 0 Å². The van der Waals surface area contributed by atoms with E-state index in [1.165, 1.54) is 12.1 Å². The Morgan fingerprint density at radius 3 is 2.22 bits per heavy atom. The Bertz CT molecular complexity index is 407. The summed E-state index contributed by atoms with van der Waals surface area (Å²) in [6, 6.07) is 5.00. The van der Waals surface area contributed by atoms with Crippen molar-refractivity contribution < 1.29 is 4.39 Å². The highest BCUT2D eigenvalue weighted by molar-refractivity contribution is 5.55. The van der Waals surface area contributed by atoms with Crippen LogP contribution in [-0.2, 0) is 0 Å². The van der Waals surface area contributed by atoms with Crippen molar-refractivity contribution in [3.05, 3.63) is 29.6 Å². The zero-order valence-electron chi connectivity index (χ0n) is 12.3. The fourth-order valence-corrected chi connectivity index (χ4v) is 2.00. The molecule has 0 saturated heterocycles. The molecule has 0 amide bonds. The third-order valence-corrected chi connectivity index (χ3v) is 3.69. The molecule has 0 aliphatic rings. The highest BCUT2D eigenvalue weighted by atomic mass is 19.1. The molecule has 0 saturated carbocycles. The molecule has 1 aromatic rings. The molecule has 1 aromatic carbocycles. The number of halogens is 1. The van der Waals surface area contributed by atoms with Crippen molar-refractivity contribution in [3.63, 3.8) is 0 Å². The molecule has 18 heavy (non-hydrogen) atoms. The van der Waals surface area contributed by atoms with E-state index in [0.29, 0.717) is 6.04 Å². The average Bonchev–Trinajstić information content (AvgIpc) is 2.25. The molecule has 2 nitrogen and oxygen atoms in total. The molecule has 0 fully saturated rings. The van der Waals surface area contributed by atoms with Crippen LogP contribution in [0.5, 0.6) is 0 Å². The number of nitrogens with zero attached hydrogens (tertiary/aromatic N) is 1. The van der Waals surface area contributed by atoms with Gasteiger partial charge in [-0.2, -0.15) is 0 Å². The smallest absolute Gasteiger partial charge is 0.123 e. The van der Waals surface area contributed by atoms with Gasteiger partial charge >= 0.3 is 0 Å². The van der Waals surface area contributed by atoms with Crippen molar-refractivity contribution in [2.45, 2.75) is 46.7 Å². The Labute approximate surface area is 110 Å². The van der Waals surface area contributed by atoms with Crippen LogP contribution in [0.1, 0.15) is 46.2 Å². The Morgan fingerprint density at radius 2 is 1.78 bits per heavy atom. The minimum absolute atomic E-state index is 0.151. The summed E-state index contributed by atoms with van der Waals surface area (Å²) in [5.41, 5.74) is 7.95. The fourth-order valence-electron chi connectivity index (χ4n) is 2.00. The summed E-state index contributed by atoms with van der Waals surface area (Å²) in [5.74, 6) is -0.233. The van der Waals surface area contributed by atoms with Crippen LogP contribution in [0.2, 0.25) is 0 Å². The lowest BCUT2D eigenvalue weighted by molar-refractivity contribution is 0.329. The fraction of sp³-hybridized carbons (Fsp3) is 0.600. The summed E-state index contributed by atoms with van der Waals surface area (Å²) in [4.78, 5) is 2.18. The van der Waals surface area contributed by atoms with E-state index in [4.69, 9.17) is 5.73 Å². The second kappa shape index (κ2) is 5.27. The van der Waals surface area contributed by atoms with Crippen molar-refractivity contribution in [2.24, 2.45) is 11.1 Å². The number of nitrogens with two attached hydrogens (primary N) is 1. The van der Waals surface area contributed by atoms with E-state index in [2.05, 4.69) is 32.6 Å². The number of benzene rings is 1. The van der Waals surface area contributed by atoms with Gasteiger partial charge in [0.1, 0.15) is 5.82 Å². The Balaban J connectivity index is 3.17. The monoisotopic (exact) mass is 252 g/mol. The van der Waals surface area contributed by atoms with Gasteiger partial charge in [-0.3, -0.25) is 0 Å². The zero-order chi connectivity index (χ0) is 14.1. The van der Waals surface area contributed by atoms with Crippen molar-refractivity contribution >= 4 is 5.69 Å². The zero-order valence-corrected chi connectivity index (χ0v) is 12.3. The first-order valence-electron chi connectivity index (χ1n) is 6.42. The maximum atomic E-state index is 13.3. The first kappa shape index (κ1) is 15.0. The Kier molecular flexibility index (Phi) is 4.38. The van der Waals surface area contributed by atoms with Gasteiger partial charge in [-0.05, 0) is 43.0 Å². The molecular formula is C15H25FN2.